The third-order valence-corrected chi connectivity index (χ3v) is 4.62. The van der Waals surface area contributed by atoms with Crippen molar-refractivity contribution in [3.8, 4) is 0 Å². The van der Waals surface area contributed by atoms with Gasteiger partial charge in [-0.2, -0.15) is 0 Å². The van der Waals surface area contributed by atoms with E-state index in [1.54, 1.807) is 12.1 Å². The first-order chi connectivity index (χ1) is 11.5. The molecule has 4 nitrogen and oxygen atoms in total. The first-order valence-electron chi connectivity index (χ1n) is 7.88. The normalized spacial score (nSPS) is 19.4. The van der Waals surface area contributed by atoms with Crippen LogP contribution >= 0.6 is 11.6 Å². The van der Waals surface area contributed by atoms with Gasteiger partial charge in [0.1, 0.15) is 0 Å². The van der Waals surface area contributed by atoms with Crippen LogP contribution in [-0.4, -0.2) is 23.0 Å². The molecule has 124 valence electrons. The molecule has 0 atom stereocenters. The van der Waals surface area contributed by atoms with Gasteiger partial charge < -0.3 is 10.4 Å². The summed E-state index contributed by atoms with van der Waals surface area (Å²) in [6, 6.07) is 14.4. The van der Waals surface area contributed by atoms with Crippen molar-refractivity contribution in [3.05, 3.63) is 70.2 Å². The summed E-state index contributed by atoms with van der Waals surface area (Å²) in [4.78, 5) is 22.9. The Hall–Kier alpha value is -2.33. The predicted octanol–water partition coefficient (Wildman–Crippen LogP) is 3.64. The molecule has 2 aromatic rings. The Kier molecular flexibility index (Phi) is 4.86. The number of benzene rings is 2. The van der Waals surface area contributed by atoms with Crippen LogP contribution in [0, 0.1) is 0 Å². The minimum Gasteiger partial charge on any atom is -0.478 e. The fourth-order valence-electron chi connectivity index (χ4n) is 3.00. The zero-order chi connectivity index (χ0) is 17.1. The third-order valence-electron chi connectivity index (χ3n) is 4.39. The Bertz CT molecular complexity index is 751. The molecule has 1 amide bonds. The van der Waals surface area contributed by atoms with Gasteiger partial charge in [0, 0.05) is 11.1 Å². The van der Waals surface area contributed by atoms with E-state index in [1.165, 1.54) is 17.7 Å². The van der Waals surface area contributed by atoms with Crippen molar-refractivity contribution < 1.29 is 14.7 Å². The summed E-state index contributed by atoms with van der Waals surface area (Å²) in [6.07, 6.45) is 2.10. The van der Waals surface area contributed by atoms with E-state index in [-0.39, 0.29) is 23.9 Å². The van der Waals surface area contributed by atoms with E-state index in [1.807, 2.05) is 18.2 Å². The summed E-state index contributed by atoms with van der Waals surface area (Å²) < 4.78 is 0. The van der Waals surface area contributed by atoms with Crippen LogP contribution in [0.2, 0.25) is 5.02 Å². The minimum absolute atomic E-state index is 0.0346. The number of hydrogen-bond donors (Lipinski definition) is 2. The molecule has 2 N–H and O–H groups in total. The predicted molar refractivity (Wildman–Crippen MR) is 92.5 cm³/mol. The summed E-state index contributed by atoms with van der Waals surface area (Å²) in [5.41, 5.74) is 2.25. The smallest absolute Gasteiger partial charge is 0.335 e. The van der Waals surface area contributed by atoms with Crippen molar-refractivity contribution in [1.82, 2.24) is 5.32 Å². The largest absolute Gasteiger partial charge is 0.478 e. The highest BCUT2D eigenvalue weighted by molar-refractivity contribution is 6.30. The van der Waals surface area contributed by atoms with Crippen LogP contribution in [0.4, 0.5) is 0 Å². The van der Waals surface area contributed by atoms with Crippen molar-refractivity contribution in [1.29, 1.82) is 0 Å². The topological polar surface area (TPSA) is 66.4 Å². The number of hydrogen-bond acceptors (Lipinski definition) is 2. The molecule has 0 heterocycles. The molecule has 0 saturated heterocycles. The van der Waals surface area contributed by atoms with E-state index in [0.717, 1.165) is 23.4 Å². The van der Waals surface area contributed by atoms with E-state index < -0.39 is 5.97 Å². The van der Waals surface area contributed by atoms with Crippen LogP contribution in [0.25, 0.3) is 0 Å². The van der Waals surface area contributed by atoms with Gasteiger partial charge in [0.25, 0.3) is 0 Å². The summed E-state index contributed by atoms with van der Waals surface area (Å²) in [7, 11) is 0. The number of aromatic carboxylic acids is 1. The fraction of sp³-hybridized carbons (Fsp3) is 0.263. The Labute approximate surface area is 145 Å². The lowest BCUT2D eigenvalue weighted by atomic mass is 9.76. The maximum atomic E-state index is 12.1. The Morgan fingerprint density at radius 2 is 1.83 bits per heavy atom. The molecule has 1 fully saturated rings. The maximum absolute atomic E-state index is 12.1. The zero-order valence-electron chi connectivity index (χ0n) is 13.0. The highest BCUT2D eigenvalue weighted by Gasteiger charge is 2.31. The average molecular weight is 344 g/mol. The van der Waals surface area contributed by atoms with Gasteiger partial charge in [-0.25, -0.2) is 4.79 Å². The number of carboxylic acids is 1. The van der Waals surface area contributed by atoms with Gasteiger partial charge in [0.05, 0.1) is 12.0 Å². The number of carbonyl (C=O) groups excluding carboxylic acids is 1. The molecule has 1 aliphatic rings. The molecule has 3 rings (SSSR count). The summed E-state index contributed by atoms with van der Waals surface area (Å²) in [5, 5.41) is 12.6. The molecule has 0 aromatic heterocycles. The van der Waals surface area contributed by atoms with E-state index >= 15 is 0 Å². The van der Waals surface area contributed by atoms with Crippen LogP contribution in [-0.2, 0) is 11.2 Å². The standard InChI is InChI=1S/C19H18ClNO3/c20-16-3-1-2-14(9-16)15-10-17(11-15)21-18(22)8-12-4-6-13(7-5-12)19(23)24/h1-7,9,15,17H,8,10-11H2,(H,21,22)(H,23,24). The van der Waals surface area contributed by atoms with Crippen LogP contribution in [0.1, 0.15) is 40.2 Å². The van der Waals surface area contributed by atoms with Gasteiger partial charge in [-0.3, -0.25) is 4.79 Å². The van der Waals surface area contributed by atoms with Crippen molar-refractivity contribution >= 4 is 23.5 Å². The van der Waals surface area contributed by atoms with E-state index in [0.29, 0.717) is 5.92 Å². The van der Waals surface area contributed by atoms with Crippen molar-refractivity contribution in [2.24, 2.45) is 0 Å². The van der Waals surface area contributed by atoms with Crippen LogP contribution in [0.15, 0.2) is 48.5 Å². The number of halogens is 1. The monoisotopic (exact) mass is 343 g/mol. The van der Waals surface area contributed by atoms with Gasteiger partial charge >= 0.3 is 5.97 Å². The second kappa shape index (κ2) is 7.05. The zero-order valence-corrected chi connectivity index (χ0v) is 13.8. The molecule has 24 heavy (non-hydrogen) atoms. The number of amides is 1. The van der Waals surface area contributed by atoms with Gasteiger partial charge in [-0.15, -0.1) is 0 Å². The number of carboxylic acid groups (broad SMARTS) is 1. The third kappa shape index (κ3) is 3.95. The molecule has 2 aromatic carbocycles. The molecule has 0 bridgehead atoms. The Balaban J connectivity index is 1.47. The van der Waals surface area contributed by atoms with Gasteiger partial charge in [0.15, 0.2) is 0 Å². The summed E-state index contributed by atoms with van der Waals surface area (Å²) in [6.45, 7) is 0. The lowest BCUT2D eigenvalue weighted by Crippen LogP contribution is -2.43. The molecule has 0 unspecified atom stereocenters. The SMILES string of the molecule is O=C(Cc1ccc(C(=O)O)cc1)NC1CC(c2cccc(Cl)c2)C1. The van der Waals surface area contributed by atoms with Gasteiger partial charge in [0.2, 0.25) is 5.91 Å². The number of carbonyl (C=O) groups is 2. The first kappa shape index (κ1) is 16.5. The van der Waals surface area contributed by atoms with Crippen molar-refractivity contribution in [2.75, 3.05) is 0 Å². The number of rotatable bonds is 5. The van der Waals surface area contributed by atoms with Crippen LogP contribution in [0.3, 0.4) is 0 Å². The Morgan fingerprint density at radius 1 is 1.12 bits per heavy atom. The summed E-state index contributed by atoms with van der Waals surface area (Å²) >= 11 is 6.01. The lowest BCUT2D eigenvalue weighted by Gasteiger charge is -2.36. The molecule has 0 radical (unpaired) electrons. The highest BCUT2D eigenvalue weighted by Crippen LogP contribution is 2.37. The van der Waals surface area contributed by atoms with Crippen molar-refractivity contribution in [3.63, 3.8) is 0 Å². The molecule has 5 heteroatoms. The lowest BCUT2D eigenvalue weighted by molar-refractivity contribution is -0.121. The molecule has 0 spiro atoms. The summed E-state index contributed by atoms with van der Waals surface area (Å²) in [5.74, 6) is -0.552. The molecule has 0 aliphatic heterocycles. The first-order valence-corrected chi connectivity index (χ1v) is 8.26. The van der Waals surface area contributed by atoms with E-state index in [4.69, 9.17) is 16.7 Å². The second-order valence-electron chi connectivity index (χ2n) is 6.17. The van der Waals surface area contributed by atoms with E-state index in [9.17, 15) is 9.59 Å². The molecular formula is C19H18ClNO3. The van der Waals surface area contributed by atoms with Crippen LogP contribution < -0.4 is 5.32 Å². The van der Waals surface area contributed by atoms with Gasteiger partial charge in [-0.05, 0) is 54.2 Å². The molecule has 1 saturated carbocycles. The van der Waals surface area contributed by atoms with Crippen LogP contribution in [0.5, 0.6) is 0 Å². The van der Waals surface area contributed by atoms with Crippen molar-refractivity contribution in [2.45, 2.75) is 31.2 Å². The highest BCUT2D eigenvalue weighted by atomic mass is 35.5. The quantitative estimate of drug-likeness (QED) is 0.871. The fourth-order valence-corrected chi connectivity index (χ4v) is 3.20. The number of nitrogens with one attached hydrogen (secondary N) is 1. The average Bonchev–Trinajstić information content (AvgIpc) is 2.51. The van der Waals surface area contributed by atoms with E-state index in [2.05, 4.69) is 11.4 Å². The maximum Gasteiger partial charge on any atom is 0.335 e. The second-order valence-corrected chi connectivity index (χ2v) is 6.60. The Morgan fingerprint density at radius 3 is 2.46 bits per heavy atom. The molecule has 1 aliphatic carbocycles. The molecular weight excluding hydrogens is 326 g/mol. The minimum atomic E-state index is -0.965. The van der Waals surface area contributed by atoms with Gasteiger partial charge in [-0.1, -0.05) is 35.9 Å².